The van der Waals surface area contributed by atoms with E-state index in [1.165, 1.54) is 24.2 Å². The van der Waals surface area contributed by atoms with Crippen LogP contribution in [0, 0.1) is 11.3 Å². The Morgan fingerprint density at radius 2 is 2.33 bits per heavy atom. The van der Waals surface area contributed by atoms with Crippen molar-refractivity contribution < 1.29 is 9.53 Å². The summed E-state index contributed by atoms with van der Waals surface area (Å²) in [5.74, 6) is -0.707. The number of nitrogen functional groups attached to an aromatic ring is 1. The molecule has 7 nitrogen and oxygen atoms in total. The fourth-order valence-corrected chi connectivity index (χ4v) is 1.41. The number of hydrogen-bond acceptors (Lipinski definition) is 6. The molecule has 0 aliphatic carbocycles. The van der Waals surface area contributed by atoms with Gasteiger partial charge in [0.2, 0.25) is 0 Å². The van der Waals surface area contributed by atoms with Gasteiger partial charge in [-0.1, -0.05) is 0 Å². The number of nitrogens with zero attached hydrogens (tertiary/aromatic N) is 4. The maximum atomic E-state index is 11.2. The van der Waals surface area contributed by atoms with Crippen LogP contribution in [-0.2, 0) is 4.74 Å². The topological polar surface area (TPSA) is 107 Å². The Morgan fingerprint density at radius 3 is 3.00 bits per heavy atom. The normalized spacial score (nSPS) is 9.78. The molecule has 1 aromatic heterocycles. The Hall–Kier alpha value is -2.88. The molecule has 0 radical (unpaired) electrons. The average Bonchev–Trinajstić information content (AvgIpc) is 2.87. The molecule has 1 aromatic carbocycles. The highest BCUT2D eigenvalue weighted by molar-refractivity contribution is 5.84. The molecule has 0 spiro atoms. The summed E-state index contributed by atoms with van der Waals surface area (Å²) >= 11 is 0. The maximum absolute atomic E-state index is 11.2. The number of rotatable bonds is 2. The van der Waals surface area contributed by atoms with E-state index < -0.39 is 5.97 Å². The van der Waals surface area contributed by atoms with E-state index in [1.807, 2.05) is 6.07 Å². The molecule has 0 bridgehead atoms. The van der Waals surface area contributed by atoms with Crippen LogP contribution in [0.2, 0.25) is 0 Å². The second kappa shape index (κ2) is 4.55. The summed E-state index contributed by atoms with van der Waals surface area (Å²) in [4.78, 5) is 15.0. The van der Waals surface area contributed by atoms with Crippen molar-refractivity contribution in [2.75, 3.05) is 12.8 Å². The predicted molar refractivity (Wildman–Crippen MR) is 61.8 cm³/mol. The summed E-state index contributed by atoms with van der Waals surface area (Å²) in [5.41, 5.74) is 6.90. The molecule has 0 fully saturated rings. The molecule has 0 aliphatic rings. The number of aromatic nitrogens is 3. The van der Waals surface area contributed by atoms with E-state index in [2.05, 4.69) is 14.8 Å². The first-order valence-corrected chi connectivity index (χ1v) is 4.95. The summed E-state index contributed by atoms with van der Waals surface area (Å²) in [6.07, 6.45) is 1.33. The van der Waals surface area contributed by atoms with E-state index >= 15 is 0 Å². The third kappa shape index (κ3) is 1.99. The van der Waals surface area contributed by atoms with Gasteiger partial charge in [-0.2, -0.15) is 5.26 Å². The molecule has 0 unspecified atom stereocenters. The molecular formula is C11H9N5O2. The van der Waals surface area contributed by atoms with Crippen LogP contribution in [0.4, 0.5) is 5.69 Å². The predicted octanol–water partition coefficient (Wildman–Crippen LogP) is 0.508. The molecule has 1 heterocycles. The van der Waals surface area contributed by atoms with E-state index in [0.29, 0.717) is 16.9 Å². The minimum absolute atomic E-state index is 0.0711. The minimum Gasteiger partial charge on any atom is -0.463 e. The molecule has 0 atom stereocenters. The molecule has 0 aliphatic heterocycles. The van der Waals surface area contributed by atoms with Crippen molar-refractivity contribution in [2.24, 2.45) is 0 Å². The molecule has 0 amide bonds. The largest absolute Gasteiger partial charge is 0.463 e. The summed E-state index contributed by atoms with van der Waals surface area (Å²) < 4.78 is 5.82. The number of carbonyl (C=O) groups is 1. The molecule has 18 heavy (non-hydrogen) atoms. The Bertz CT molecular complexity index is 641. The Labute approximate surface area is 102 Å². The van der Waals surface area contributed by atoms with Gasteiger partial charge < -0.3 is 10.5 Å². The molecule has 7 heteroatoms. The van der Waals surface area contributed by atoms with Crippen LogP contribution in [0.25, 0.3) is 5.69 Å². The number of anilines is 1. The van der Waals surface area contributed by atoms with E-state index in [9.17, 15) is 4.79 Å². The van der Waals surface area contributed by atoms with Gasteiger partial charge in [-0.05, 0) is 18.2 Å². The van der Waals surface area contributed by atoms with Crippen molar-refractivity contribution in [1.82, 2.24) is 14.8 Å². The summed E-state index contributed by atoms with van der Waals surface area (Å²) in [5, 5.41) is 12.9. The summed E-state index contributed by atoms with van der Waals surface area (Å²) in [6.45, 7) is 0. The Morgan fingerprint density at radius 1 is 1.56 bits per heavy atom. The lowest BCUT2D eigenvalue weighted by molar-refractivity contribution is 0.0587. The summed E-state index contributed by atoms with van der Waals surface area (Å²) in [7, 11) is 1.24. The highest BCUT2D eigenvalue weighted by Gasteiger charge is 2.13. The molecule has 2 N–H and O–H groups in total. The first-order chi connectivity index (χ1) is 8.65. The summed E-state index contributed by atoms with van der Waals surface area (Å²) in [6, 6.07) is 6.79. The Kier molecular flexibility index (Phi) is 2.93. The Balaban J connectivity index is 2.47. The van der Waals surface area contributed by atoms with Gasteiger partial charge in [-0.25, -0.2) is 14.5 Å². The highest BCUT2D eigenvalue weighted by atomic mass is 16.5. The minimum atomic E-state index is -0.636. The zero-order chi connectivity index (χ0) is 13.1. The van der Waals surface area contributed by atoms with E-state index in [0.717, 1.165) is 0 Å². The zero-order valence-electron chi connectivity index (χ0n) is 9.49. The van der Waals surface area contributed by atoms with Crippen LogP contribution in [0.5, 0.6) is 0 Å². The van der Waals surface area contributed by atoms with Gasteiger partial charge in [0.1, 0.15) is 12.4 Å². The van der Waals surface area contributed by atoms with Crippen LogP contribution < -0.4 is 5.73 Å². The third-order valence-electron chi connectivity index (χ3n) is 2.25. The number of ether oxygens (including phenoxy) is 1. The monoisotopic (exact) mass is 243 g/mol. The number of nitrogens with two attached hydrogens (primary N) is 1. The van der Waals surface area contributed by atoms with Crippen molar-refractivity contribution in [3.05, 3.63) is 35.9 Å². The molecule has 90 valence electrons. The SMILES string of the molecule is COC(=O)c1ncn(-c2ccc(N)cc2C#N)n1. The number of benzene rings is 1. The van der Waals surface area contributed by atoms with Gasteiger partial charge in [0.25, 0.3) is 5.82 Å². The lowest BCUT2D eigenvalue weighted by Gasteiger charge is -2.03. The van der Waals surface area contributed by atoms with E-state index in [1.54, 1.807) is 12.1 Å². The van der Waals surface area contributed by atoms with Crippen LogP contribution in [0.15, 0.2) is 24.5 Å². The first kappa shape index (κ1) is 11.6. The van der Waals surface area contributed by atoms with Gasteiger partial charge >= 0.3 is 5.97 Å². The van der Waals surface area contributed by atoms with Gasteiger partial charge in [0.05, 0.1) is 18.4 Å². The average molecular weight is 243 g/mol. The van der Waals surface area contributed by atoms with Crippen molar-refractivity contribution in [3.8, 4) is 11.8 Å². The molecular weight excluding hydrogens is 234 g/mol. The second-order valence-electron chi connectivity index (χ2n) is 3.39. The molecule has 0 saturated carbocycles. The number of methoxy groups -OCH3 is 1. The molecule has 2 rings (SSSR count). The van der Waals surface area contributed by atoms with Crippen LogP contribution in [0.3, 0.4) is 0 Å². The smallest absolute Gasteiger partial charge is 0.377 e. The van der Waals surface area contributed by atoms with Gasteiger partial charge in [-0.3, -0.25) is 0 Å². The number of carbonyl (C=O) groups excluding carboxylic acids is 1. The fraction of sp³-hybridized carbons (Fsp3) is 0.0909. The first-order valence-electron chi connectivity index (χ1n) is 4.95. The van der Waals surface area contributed by atoms with E-state index in [-0.39, 0.29) is 5.82 Å². The van der Waals surface area contributed by atoms with Crippen molar-refractivity contribution in [1.29, 1.82) is 5.26 Å². The van der Waals surface area contributed by atoms with Gasteiger partial charge in [-0.15, -0.1) is 5.10 Å². The standard InChI is InChI=1S/C11H9N5O2/c1-18-11(17)10-14-6-16(15-10)9-3-2-8(13)4-7(9)5-12/h2-4,6H,13H2,1H3. The van der Waals surface area contributed by atoms with Crippen LogP contribution in [-0.4, -0.2) is 27.8 Å². The zero-order valence-corrected chi connectivity index (χ0v) is 9.49. The lowest BCUT2D eigenvalue weighted by Crippen LogP contribution is -2.06. The van der Waals surface area contributed by atoms with E-state index in [4.69, 9.17) is 11.0 Å². The number of hydrogen-bond donors (Lipinski definition) is 1. The second-order valence-corrected chi connectivity index (χ2v) is 3.39. The van der Waals surface area contributed by atoms with Gasteiger partial charge in [0, 0.05) is 5.69 Å². The van der Waals surface area contributed by atoms with Crippen LogP contribution in [0.1, 0.15) is 16.2 Å². The quantitative estimate of drug-likeness (QED) is 0.608. The van der Waals surface area contributed by atoms with Crippen molar-refractivity contribution >= 4 is 11.7 Å². The van der Waals surface area contributed by atoms with Gasteiger partial charge in [0.15, 0.2) is 0 Å². The third-order valence-corrected chi connectivity index (χ3v) is 2.25. The van der Waals surface area contributed by atoms with Crippen molar-refractivity contribution in [3.63, 3.8) is 0 Å². The number of esters is 1. The fourth-order valence-electron chi connectivity index (χ4n) is 1.41. The lowest BCUT2D eigenvalue weighted by atomic mass is 10.2. The number of nitriles is 1. The van der Waals surface area contributed by atoms with Crippen LogP contribution >= 0.6 is 0 Å². The highest BCUT2D eigenvalue weighted by Crippen LogP contribution is 2.16. The molecule has 0 saturated heterocycles. The maximum Gasteiger partial charge on any atom is 0.377 e. The van der Waals surface area contributed by atoms with Crippen molar-refractivity contribution in [2.45, 2.75) is 0 Å². The molecule has 2 aromatic rings.